The summed E-state index contributed by atoms with van der Waals surface area (Å²) >= 11 is 4.57. The van der Waals surface area contributed by atoms with E-state index in [1.165, 1.54) is 0 Å². The Kier molecular flexibility index (Phi) is 1.44. The molecule has 0 unspecified atom stereocenters. The Bertz CT molecular complexity index is 144. The second-order valence-corrected chi connectivity index (χ2v) is 2.10. The lowest BCUT2D eigenvalue weighted by Crippen LogP contribution is -2.48. The van der Waals surface area contributed by atoms with Crippen LogP contribution in [0.2, 0.25) is 0 Å². The number of rotatable bonds is 0. The number of nitrogens with one attached hydrogen (secondary N) is 2. The Labute approximate surface area is 56.6 Å². The highest BCUT2D eigenvalue weighted by molar-refractivity contribution is 7.80. The summed E-state index contributed by atoms with van der Waals surface area (Å²) in [4.78, 5) is 21.1. The molecule has 1 heterocycles. The number of hydrogen-bond donors (Lipinski definition) is 2. The topological polar surface area (TPSA) is 58.2 Å². The second-order valence-electron chi connectivity index (χ2n) is 1.60. The van der Waals surface area contributed by atoms with Crippen molar-refractivity contribution in [2.45, 2.75) is 6.42 Å². The molecule has 9 heavy (non-hydrogen) atoms. The third-order valence-electron chi connectivity index (χ3n) is 0.827. The van der Waals surface area contributed by atoms with Crippen LogP contribution in [0.3, 0.4) is 0 Å². The van der Waals surface area contributed by atoms with Crippen molar-refractivity contribution >= 4 is 29.1 Å². The molecule has 2 N–H and O–H groups in total. The zero-order valence-corrected chi connectivity index (χ0v) is 5.25. The molecule has 3 amide bonds. The van der Waals surface area contributed by atoms with Crippen molar-refractivity contribution in [3.05, 3.63) is 0 Å². The van der Waals surface area contributed by atoms with Crippen LogP contribution in [0, 0.1) is 0 Å². The van der Waals surface area contributed by atoms with Gasteiger partial charge in [0, 0.05) is 0 Å². The van der Waals surface area contributed by atoms with Crippen LogP contribution < -0.4 is 10.6 Å². The fraction of sp³-hybridized carbons (Fsp3) is 0.250. The molecule has 5 heteroatoms. The summed E-state index contributed by atoms with van der Waals surface area (Å²) in [6, 6.07) is -0.531. The van der Waals surface area contributed by atoms with Crippen LogP contribution in [-0.4, -0.2) is 16.9 Å². The predicted octanol–water partition coefficient (Wildman–Crippen LogP) is -0.457. The number of carbonyl (C=O) groups excluding carboxylic acids is 2. The zero-order valence-electron chi connectivity index (χ0n) is 4.43. The van der Waals surface area contributed by atoms with Gasteiger partial charge in [0.05, 0.1) is 11.4 Å². The van der Waals surface area contributed by atoms with Crippen molar-refractivity contribution in [1.82, 2.24) is 10.6 Å². The zero-order chi connectivity index (χ0) is 6.85. The highest BCUT2D eigenvalue weighted by atomic mass is 32.1. The molecule has 0 bridgehead atoms. The molecule has 48 valence electrons. The summed E-state index contributed by atoms with van der Waals surface area (Å²) < 4.78 is 0. The molecule has 1 saturated heterocycles. The molecule has 0 aromatic carbocycles. The highest BCUT2D eigenvalue weighted by Crippen LogP contribution is 1.88. The smallest absolute Gasteiger partial charge is 0.301 e. The third kappa shape index (κ3) is 1.46. The van der Waals surface area contributed by atoms with Crippen LogP contribution in [0.25, 0.3) is 0 Å². The number of thiocarbonyl (C=S) groups is 1. The Balaban J connectivity index is 2.64. The van der Waals surface area contributed by atoms with Gasteiger partial charge in [0.15, 0.2) is 0 Å². The number of carbonyl (C=O) groups is 2. The van der Waals surface area contributed by atoms with E-state index in [0.717, 1.165) is 0 Å². The van der Waals surface area contributed by atoms with E-state index in [9.17, 15) is 9.59 Å². The molecule has 0 aromatic rings. The molecular formula is C4H4N2O2S. The van der Waals surface area contributed by atoms with Crippen molar-refractivity contribution in [2.24, 2.45) is 0 Å². The van der Waals surface area contributed by atoms with Gasteiger partial charge in [0.2, 0.25) is 5.91 Å². The molecule has 1 rings (SSSR count). The van der Waals surface area contributed by atoms with Gasteiger partial charge >= 0.3 is 6.03 Å². The molecule has 0 saturated carbocycles. The van der Waals surface area contributed by atoms with E-state index in [1.807, 2.05) is 5.32 Å². The van der Waals surface area contributed by atoms with Crippen LogP contribution >= 0.6 is 12.2 Å². The summed E-state index contributed by atoms with van der Waals surface area (Å²) in [7, 11) is 0. The Morgan fingerprint density at radius 2 is 2.00 bits per heavy atom. The van der Waals surface area contributed by atoms with E-state index in [1.54, 1.807) is 0 Å². The molecule has 0 spiro atoms. The normalized spacial score (nSPS) is 18.9. The SMILES string of the molecule is O=C1CC(=S)NC(=O)N1. The maximum Gasteiger partial charge on any atom is 0.326 e. The van der Waals surface area contributed by atoms with Gasteiger partial charge < -0.3 is 5.32 Å². The molecule has 0 aromatic heterocycles. The lowest BCUT2D eigenvalue weighted by Gasteiger charge is -2.11. The fourth-order valence-corrected chi connectivity index (χ4v) is 0.743. The standard InChI is InChI=1S/C4H4N2O2S/c7-2-1-3(9)6-4(8)5-2/h1H2,(H2,5,6,7,8,9). The maximum atomic E-state index is 10.4. The molecule has 0 radical (unpaired) electrons. The van der Waals surface area contributed by atoms with Crippen LogP contribution in [0.1, 0.15) is 6.42 Å². The van der Waals surface area contributed by atoms with Crippen molar-refractivity contribution in [3.63, 3.8) is 0 Å². The molecule has 1 aliphatic heterocycles. The van der Waals surface area contributed by atoms with Gasteiger partial charge in [-0.3, -0.25) is 10.1 Å². The van der Waals surface area contributed by atoms with E-state index in [0.29, 0.717) is 0 Å². The average molecular weight is 144 g/mol. The predicted molar refractivity (Wildman–Crippen MR) is 33.9 cm³/mol. The Hall–Kier alpha value is -0.970. The summed E-state index contributed by atoms with van der Waals surface area (Å²) in [5.41, 5.74) is 0. The first kappa shape index (κ1) is 6.15. The summed E-state index contributed by atoms with van der Waals surface area (Å²) in [6.07, 6.45) is 0.112. The monoisotopic (exact) mass is 144 g/mol. The first-order valence-corrected chi connectivity index (χ1v) is 2.73. The van der Waals surface area contributed by atoms with E-state index >= 15 is 0 Å². The first-order valence-electron chi connectivity index (χ1n) is 2.32. The number of hydrogen-bond acceptors (Lipinski definition) is 3. The maximum absolute atomic E-state index is 10.4. The summed E-state index contributed by atoms with van der Waals surface area (Å²) in [5, 5.41) is 4.30. The minimum Gasteiger partial charge on any atom is -0.301 e. The van der Waals surface area contributed by atoms with E-state index in [-0.39, 0.29) is 17.3 Å². The molecule has 0 atom stereocenters. The van der Waals surface area contributed by atoms with E-state index < -0.39 is 6.03 Å². The minimum atomic E-state index is -0.531. The fourth-order valence-electron chi connectivity index (χ4n) is 0.519. The van der Waals surface area contributed by atoms with Crippen LogP contribution in [0.5, 0.6) is 0 Å². The van der Waals surface area contributed by atoms with Gasteiger partial charge in [-0.2, -0.15) is 0 Å². The average Bonchev–Trinajstić information content (AvgIpc) is 1.59. The molecular weight excluding hydrogens is 140 g/mol. The largest absolute Gasteiger partial charge is 0.326 e. The quantitative estimate of drug-likeness (QED) is 0.452. The van der Waals surface area contributed by atoms with Gasteiger partial charge in [-0.25, -0.2) is 4.79 Å². The van der Waals surface area contributed by atoms with Crippen molar-refractivity contribution < 1.29 is 9.59 Å². The van der Waals surface area contributed by atoms with Gasteiger partial charge in [-0.05, 0) is 0 Å². The van der Waals surface area contributed by atoms with E-state index in [4.69, 9.17) is 0 Å². The number of imide groups is 1. The summed E-state index contributed by atoms with van der Waals surface area (Å²) in [6.45, 7) is 0. The minimum absolute atomic E-state index is 0.112. The number of amides is 3. The van der Waals surface area contributed by atoms with Crippen molar-refractivity contribution in [3.8, 4) is 0 Å². The van der Waals surface area contributed by atoms with Crippen LogP contribution in [-0.2, 0) is 4.79 Å². The van der Waals surface area contributed by atoms with Gasteiger partial charge in [0.1, 0.15) is 0 Å². The lowest BCUT2D eigenvalue weighted by molar-refractivity contribution is -0.119. The van der Waals surface area contributed by atoms with Gasteiger partial charge in [0.25, 0.3) is 0 Å². The third-order valence-corrected chi connectivity index (χ3v) is 1.07. The highest BCUT2D eigenvalue weighted by Gasteiger charge is 2.17. The van der Waals surface area contributed by atoms with Crippen molar-refractivity contribution in [1.29, 1.82) is 0 Å². The number of urea groups is 1. The Morgan fingerprint density at radius 3 is 2.44 bits per heavy atom. The molecule has 4 nitrogen and oxygen atoms in total. The van der Waals surface area contributed by atoms with Crippen LogP contribution in [0.15, 0.2) is 0 Å². The van der Waals surface area contributed by atoms with Crippen LogP contribution in [0.4, 0.5) is 4.79 Å². The first-order chi connectivity index (χ1) is 4.18. The lowest BCUT2D eigenvalue weighted by atomic mass is 10.3. The van der Waals surface area contributed by atoms with E-state index in [2.05, 4.69) is 17.5 Å². The van der Waals surface area contributed by atoms with Crippen molar-refractivity contribution in [2.75, 3.05) is 0 Å². The molecule has 0 aliphatic carbocycles. The van der Waals surface area contributed by atoms with Gasteiger partial charge in [-0.15, -0.1) is 0 Å². The second kappa shape index (κ2) is 2.10. The summed E-state index contributed by atoms with van der Waals surface area (Å²) in [5.74, 6) is -0.344. The van der Waals surface area contributed by atoms with Gasteiger partial charge in [-0.1, -0.05) is 12.2 Å². The Morgan fingerprint density at radius 1 is 1.33 bits per heavy atom. The molecule has 1 aliphatic rings. The molecule has 1 fully saturated rings.